The molecule has 0 spiro atoms. The molecule has 2 N–H and O–H groups in total. The van der Waals surface area contributed by atoms with Crippen LogP contribution in [0.2, 0.25) is 0 Å². The number of carbonyl (C=O) groups excluding carboxylic acids is 1. The van der Waals surface area contributed by atoms with Gasteiger partial charge in [0.05, 0.1) is 0 Å². The van der Waals surface area contributed by atoms with E-state index in [-0.39, 0.29) is 11.5 Å². The Morgan fingerprint density at radius 1 is 1.22 bits per heavy atom. The monoisotopic (exact) mass is 337 g/mol. The highest BCUT2D eigenvalue weighted by Gasteiger charge is 2.20. The van der Waals surface area contributed by atoms with Gasteiger partial charge in [-0.1, -0.05) is 12.1 Å². The average molecular weight is 337 g/mol. The number of carboxylic acids is 1. The van der Waals surface area contributed by atoms with Gasteiger partial charge in [-0.2, -0.15) is 0 Å². The number of sulfone groups is 1. The Kier molecular flexibility index (Phi) is 4.85. The summed E-state index contributed by atoms with van der Waals surface area (Å²) in [5.74, 6) is -3.58. The van der Waals surface area contributed by atoms with Crippen LogP contribution in [-0.4, -0.2) is 31.2 Å². The summed E-state index contributed by atoms with van der Waals surface area (Å²) in [4.78, 5) is 22.5. The van der Waals surface area contributed by atoms with Gasteiger partial charge in [-0.15, -0.1) is 0 Å². The third-order valence-corrected chi connectivity index (χ3v) is 4.31. The fourth-order valence-electron chi connectivity index (χ4n) is 1.96. The topological polar surface area (TPSA) is 114 Å². The number of hydrogen-bond donors (Lipinski definition) is 2. The van der Waals surface area contributed by atoms with Crippen LogP contribution in [0.15, 0.2) is 40.8 Å². The van der Waals surface area contributed by atoms with E-state index < -0.39 is 33.2 Å². The quantitative estimate of drug-likeness (QED) is 0.831. The van der Waals surface area contributed by atoms with Gasteiger partial charge in [0.2, 0.25) is 11.7 Å². The van der Waals surface area contributed by atoms with Crippen LogP contribution >= 0.6 is 0 Å². The number of aromatic carboxylic acids is 1. The molecule has 1 aromatic heterocycles. The molecule has 0 aliphatic heterocycles. The van der Waals surface area contributed by atoms with E-state index >= 15 is 0 Å². The summed E-state index contributed by atoms with van der Waals surface area (Å²) in [5.41, 5.74) is 1.44. The van der Waals surface area contributed by atoms with E-state index in [1.54, 1.807) is 18.2 Å². The third kappa shape index (κ3) is 4.96. The molecule has 23 heavy (non-hydrogen) atoms. The minimum atomic E-state index is -3.78. The molecule has 0 saturated carbocycles. The molecule has 122 valence electrons. The largest absolute Gasteiger partial charge is 0.475 e. The zero-order chi connectivity index (χ0) is 17.0. The van der Waals surface area contributed by atoms with Crippen molar-refractivity contribution in [1.29, 1.82) is 0 Å². The van der Waals surface area contributed by atoms with Crippen LogP contribution in [0.3, 0.4) is 0 Å². The molecule has 2 rings (SSSR count). The Morgan fingerprint density at radius 2 is 1.96 bits per heavy atom. The Hall–Kier alpha value is -2.61. The lowest BCUT2D eigenvalue weighted by Crippen LogP contribution is -2.23. The average Bonchev–Trinajstić information content (AvgIpc) is 2.85. The van der Waals surface area contributed by atoms with E-state index in [0.29, 0.717) is 5.69 Å². The van der Waals surface area contributed by atoms with E-state index in [0.717, 1.165) is 5.56 Å². The molecule has 0 bridgehead atoms. The number of carbonyl (C=O) groups is 2. The summed E-state index contributed by atoms with van der Waals surface area (Å²) in [6.07, 6.45) is 0. The molecule has 0 aliphatic rings. The van der Waals surface area contributed by atoms with Gasteiger partial charge in [-0.05, 0) is 36.8 Å². The number of rotatable bonds is 6. The van der Waals surface area contributed by atoms with Crippen LogP contribution in [0, 0.1) is 6.92 Å². The predicted molar refractivity (Wildman–Crippen MR) is 83.0 cm³/mol. The summed E-state index contributed by atoms with van der Waals surface area (Å²) in [5, 5.41) is 11.2. The second kappa shape index (κ2) is 6.66. The van der Waals surface area contributed by atoms with Crippen molar-refractivity contribution in [1.82, 2.24) is 0 Å². The highest BCUT2D eigenvalue weighted by molar-refractivity contribution is 7.91. The normalized spacial score (nSPS) is 11.2. The van der Waals surface area contributed by atoms with E-state index in [1.165, 1.54) is 12.1 Å². The van der Waals surface area contributed by atoms with Crippen LogP contribution < -0.4 is 5.32 Å². The van der Waals surface area contributed by atoms with E-state index in [4.69, 9.17) is 9.52 Å². The number of aryl methyl sites for hydroxylation is 1. The summed E-state index contributed by atoms with van der Waals surface area (Å²) in [6.45, 7) is 1.85. The summed E-state index contributed by atoms with van der Waals surface area (Å²) >= 11 is 0. The van der Waals surface area contributed by atoms with Crippen LogP contribution in [0.25, 0.3) is 0 Å². The minimum absolute atomic E-state index is 0.0224. The lowest BCUT2D eigenvalue weighted by atomic mass is 10.2. The van der Waals surface area contributed by atoms with Crippen molar-refractivity contribution in [2.24, 2.45) is 0 Å². The maximum Gasteiger partial charge on any atom is 0.371 e. The van der Waals surface area contributed by atoms with E-state index in [2.05, 4.69) is 5.32 Å². The highest BCUT2D eigenvalue weighted by atomic mass is 32.2. The maximum absolute atomic E-state index is 12.0. The smallest absolute Gasteiger partial charge is 0.371 e. The van der Waals surface area contributed by atoms with Crippen LogP contribution in [-0.2, 0) is 20.4 Å². The van der Waals surface area contributed by atoms with Crippen LogP contribution in [0.4, 0.5) is 5.69 Å². The number of amides is 1. The highest BCUT2D eigenvalue weighted by Crippen LogP contribution is 2.13. The second-order valence-corrected chi connectivity index (χ2v) is 7.09. The molecular formula is C15H15NO6S. The van der Waals surface area contributed by atoms with Gasteiger partial charge in [0.25, 0.3) is 0 Å². The lowest BCUT2D eigenvalue weighted by Gasteiger charge is -2.06. The molecule has 7 nitrogen and oxygen atoms in total. The van der Waals surface area contributed by atoms with Gasteiger partial charge in [0, 0.05) is 5.69 Å². The molecule has 2 aromatic rings. The lowest BCUT2D eigenvalue weighted by molar-refractivity contribution is -0.113. The van der Waals surface area contributed by atoms with Crippen molar-refractivity contribution in [2.75, 3.05) is 11.1 Å². The first-order valence-electron chi connectivity index (χ1n) is 6.64. The second-order valence-electron chi connectivity index (χ2n) is 5.02. The van der Waals surface area contributed by atoms with Gasteiger partial charge in [-0.25, -0.2) is 13.2 Å². The number of nitrogens with one attached hydrogen (secondary N) is 1. The molecule has 1 heterocycles. The molecular weight excluding hydrogens is 322 g/mol. The first-order valence-corrected chi connectivity index (χ1v) is 8.46. The number of hydrogen-bond acceptors (Lipinski definition) is 5. The van der Waals surface area contributed by atoms with Crippen molar-refractivity contribution in [3.63, 3.8) is 0 Å². The number of carboxylic acid groups (broad SMARTS) is 1. The molecule has 0 unspecified atom stereocenters. The Labute approximate surface area is 132 Å². The van der Waals surface area contributed by atoms with Gasteiger partial charge < -0.3 is 14.8 Å². The molecule has 0 atom stereocenters. The molecule has 8 heteroatoms. The Bertz CT molecular complexity index is 837. The van der Waals surface area contributed by atoms with E-state index in [1.807, 2.05) is 13.0 Å². The van der Waals surface area contributed by atoms with Gasteiger partial charge >= 0.3 is 5.97 Å². The minimum Gasteiger partial charge on any atom is -0.475 e. The fourth-order valence-corrected chi connectivity index (χ4v) is 3.12. The zero-order valence-corrected chi connectivity index (χ0v) is 13.1. The fraction of sp³-hybridized carbons (Fsp3) is 0.200. The van der Waals surface area contributed by atoms with Crippen molar-refractivity contribution in [2.45, 2.75) is 12.7 Å². The molecule has 1 amide bonds. The maximum atomic E-state index is 12.0. The zero-order valence-electron chi connectivity index (χ0n) is 12.3. The van der Waals surface area contributed by atoms with Crippen molar-refractivity contribution in [3.05, 3.63) is 53.5 Å². The van der Waals surface area contributed by atoms with Crippen molar-refractivity contribution >= 4 is 27.4 Å². The molecule has 0 radical (unpaired) electrons. The SMILES string of the molecule is Cc1cccc(NC(=O)CS(=O)(=O)Cc2ccc(C(=O)O)o2)c1. The molecule has 0 fully saturated rings. The number of anilines is 1. The molecule has 0 saturated heterocycles. The Morgan fingerprint density at radius 3 is 2.57 bits per heavy atom. The van der Waals surface area contributed by atoms with Gasteiger partial charge in [0.1, 0.15) is 17.3 Å². The summed E-state index contributed by atoms with van der Waals surface area (Å²) in [6, 6.07) is 9.40. The summed E-state index contributed by atoms with van der Waals surface area (Å²) in [7, 11) is -3.78. The van der Waals surface area contributed by atoms with Gasteiger partial charge in [-0.3, -0.25) is 4.79 Å². The standard InChI is InChI=1S/C15H15NO6S/c1-10-3-2-4-11(7-10)16-14(17)9-23(20,21)8-12-5-6-13(22-12)15(18)19/h2-7H,8-9H2,1H3,(H,16,17)(H,18,19). The Balaban J connectivity index is 1.99. The van der Waals surface area contributed by atoms with Crippen LogP contribution in [0.5, 0.6) is 0 Å². The first kappa shape index (κ1) is 16.8. The summed E-state index contributed by atoms with van der Waals surface area (Å²) < 4.78 is 28.8. The predicted octanol–water partition coefficient (Wildman–Crippen LogP) is 1.84. The first-order chi connectivity index (χ1) is 10.7. The number of benzene rings is 1. The van der Waals surface area contributed by atoms with E-state index in [9.17, 15) is 18.0 Å². The van der Waals surface area contributed by atoms with Crippen molar-refractivity contribution in [3.8, 4) is 0 Å². The van der Waals surface area contributed by atoms with Gasteiger partial charge in [0.15, 0.2) is 9.84 Å². The van der Waals surface area contributed by atoms with Crippen molar-refractivity contribution < 1.29 is 27.5 Å². The number of furan rings is 1. The molecule has 1 aromatic carbocycles. The molecule has 0 aliphatic carbocycles. The third-order valence-electron chi connectivity index (χ3n) is 2.89. The van der Waals surface area contributed by atoms with Crippen LogP contribution in [0.1, 0.15) is 21.9 Å².